The molecule has 0 radical (unpaired) electrons. The number of hydrogen-bond donors (Lipinski definition) is 0. The minimum atomic E-state index is 0.195. The van der Waals surface area contributed by atoms with E-state index in [0.29, 0.717) is 0 Å². The molecule has 2 unspecified atom stereocenters. The Morgan fingerprint density at radius 2 is 1.12 bits per heavy atom. The molecule has 26 heavy (non-hydrogen) atoms. The SMILES string of the molecule is O=C(N1CCCC1c1ccc(Br)cc1)N1CCCC1c1ccc(Br)cc1. The lowest BCUT2D eigenvalue weighted by Crippen LogP contribution is -2.42. The van der Waals surface area contributed by atoms with Gasteiger partial charge in [-0.25, -0.2) is 4.79 Å². The molecule has 2 aromatic carbocycles. The molecule has 4 rings (SSSR count). The molecule has 136 valence electrons. The number of rotatable bonds is 2. The van der Waals surface area contributed by atoms with Gasteiger partial charge in [0.2, 0.25) is 0 Å². The molecule has 0 aromatic heterocycles. The lowest BCUT2D eigenvalue weighted by molar-refractivity contribution is 0.143. The summed E-state index contributed by atoms with van der Waals surface area (Å²) in [7, 11) is 0. The third-order valence-electron chi connectivity index (χ3n) is 5.51. The van der Waals surface area contributed by atoms with Gasteiger partial charge in [-0.3, -0.25) is 0 Å². The smallest absolute Gasteiger partial charge is 0.318 e. The van der Waals surface area contributed by atoms with Crippen LogP contribution in [0.4, 0.5) is 4.79 Å². The average Bonchev–Trinajstić information content (AvgIpc) is 3.32. The van der Waals surface area contributed by atoms with Gasteiger partial charge in [0.25, 0.3) is 0 Å². The maximum atomic E-state index is 13.4. The van der Waals surface area contributed by atoms with Crippen LogP contribution in [0.2, 0.25) is 0 Å². The van der Waals surface area contributed by atoms with Crippen molar-refractivity contribution in [1.29, 1.82) is 0 Å². The third kappa shape index (κ3) is 3.56. The summed E-state index contributed by atoms with van der Waals surface area (Å²) in [5.74, 6) is 0. The lowest BCUT2D eigenvalue weighted by Gasteiger charge is -2.33. The van der Waals surface area contributed by atoms with Crippen molar-refractivity contribution < 1.29 is 4.79 Å². The Kier molecular flexibility index (Phi) is 5.37. The maximum absolute atomic E-state index is 13.4. The van der Waals surface area contributed by atoms with Crippen LogP contribution in [-0.2, 0) is 0 Å². The summed E-state index contributed by atoms with van der Waals surface area (Å²) in [4.78, 5) is 17.5. The number of likely N-dealkylation sites (tertiary alicyclic amines) is 2. The molecular weight excluding hydrogens is 456 g/mol. The van der Waals surface area contributed by atoms with Gasteiger partial charge >= 0.3 is 6.03 Å². The molecule has 2 heterocycles. The number of carbonyl (C=O) groups is 1. The van der Waals surface area contributed by atoms with Crippen LogP contribution in [-0.4, -0.2) is 28.9 Å². The van der Waals surface area contributed by atoms with Crippen molar-refractivity contribution in [3.63, 3.8) is 0 Å². The van der Waals surface area contributed by atoms with Gasteiger partial charge in [-0.2, -0.15) is 0 Å². The Morgan fingerprint density at radius 3 is 1.50 bits per heavy atom. The van der Waals surface area contributed by atoms with Crippen molar-refractivity contribution in [2.24, 2.45) is 0 Å². The van der Waals surface area contributed by atoms with Crippen molar-refractivity contribution in [2.75, 3.05) is 13.1 Å². The highest BCUT2D eigenvalue weighted by atomic mass is 79.9. The first-order valence-electron chi connectivity index (χ1n) is 9.21. The molecule has 5 heteroatoms. The Balaban J connectivity index is 1.55. The van der Waals surface area contributed by atoms with Crippen molar-refractivity contribution in [3.8, 4) is 0 Å². The lowest BCUT2D eigenvalue weighted by atomic mass is 10.0. The van der Waals surface area contributed by atoms with Crippen molar-refractivity contribution >= 4 is 37.9 Å². The van der Waals surface area contributed by atoms with E-state index in [9.17, 15) is 4.79 Å². The number of halogens is 2. The Labute approximate surface area is 171 Å². The number of amides is 2. The van der Waals surface area contributed by atoms with Crippen molar-refractivity contribution in [2.45, 2.75) is 37.8 Å². The van der Waals surface area contributed by atoms with Crippen LogP contribution in [0.5, 0.6) is 0 Å². The molecule has 2 aliphatic rings. The van der Waals surface area contributed by atoms with Gasteiger partial charge in [0, 0.05) is 22.0 Å². The average molecular weight is 478 g/mol. The fraction of sp³-hybridized carbons (Fsp3) is 0.381. The highest BCUT2D eigenvalue weighted by molar-refractivity contribution is 9.10. The molecule has 0 aliphatic carbocycles. The molecule has 3 nitrogen and oxygen atoms in total. The van der Waals surface area contributed by atoms with Crippen molar-refractivity contribution in [3.05, 3.63) is 68.6 Å². The van der Waals surface area contributed by atoms with E-state index in [1.54, 1.807) is 0 Å². The predicted molar refractivity (Wildman–Crippen MR) is 111 cm³/mol. The summed E-state index contributed by atoms with van der Waals surface area (Å²) >= 11 is 7.00. The van der Waals surface area contributed by atoms with Crippen LogP contribution in [0.3, 0.4) is 0 Å². The Bertz CT molecular complexity index is 710. The monoisotopic (exact) mass is 476 g/mol. The molecule has 0 bridgehead atoms. The summed E-state index contributed by atoms with van der Waals surface area (Å²) in [5, 5.41) is 0. The van der Waals surface area contributed by atoms with E-state index in [2.05, 4.69) is 90.2 Å². The Morgan fingerprint density at radius 1 is 0.731 bits per heavy atom. The molecule has 2 aromatic rings. The highest BCUT2D eigenvalue weighted by Crippen LogP contribution is 2.38. The summed E-state index contributed by atoms with van der Waals surface area (Å²) in [5.41, 5.74) is 2.47. The second-order valence-electron chi connectivity index (χ2n) is 7.09. The van der Waals surface area contributed by atoms with Crippen LogP contribution in [0, 0.1) is 0 Å². The number of urea groups is 1. The highest BCUT2D eigenvalue weighted by Gasteiger charge is 2.37. The van der Waals surface area contributed by atoms with Crippen LogP contribution in [0.1, 0.15) is 48.9 Å². The van der Waals surface area contributed by atoms with Gasteiger partial charge in [0.15, 0.2) is 0 Å². The minimum Gasteiger partial charge on any atom is -0.318 e. The summed E-state index contributed by atoms with van der Waals surface area (Å²) in [6, 6.07) is 17.4. The molecule has 2 atom stereocenters. The van der Waals surface area contributed by atoms with E-state index >= 15 is 0 Å². The van der Waals surface area contributed by atoms with Gasteiger partial charge < -0.3 is 9.80 Å². The second-order valence-corrected chi connectivity index (χ2v) is 8.92. The van der Waals surface area contributed by atoms with E-state index in [0.717, 1.165) is 47.7 Å². The summed E-state index contributed by atoms with van der Waals surface area (Å²) in [6.07, 6.45) is 4.24. The first-order chi connectivity index (χ1) is 12.6. The van der Waals surface area contributed by atoms with Crippen LogP contribution >= 0.6 is 31.9 Å². The fourth-order valence-corrected chi connectivity index (χ4v) is 4.75. The molecule has 0 N–H and O–H groups in total. The quantitative estimate of drug-likeness (QED) is 0.497. The number of hydrogen-bond acceptors (Lipinski definition) is 1. The first kappa shape index (κ1) is 18.1. The van der Waals surface area contributed by atoms with Crippen LogP contribution in [0.15, 0.2) is 57.5 Å². The number of carbonyl (C=O) groups excluding carboxylic acids is 1. The largest absolute Gasteiger partial charge is 0.321 e. The van der Waals surface area contributed by atoms with E-state index in [4.69, 9.17) is 0 Å². The molecule has 2 saturated heterocycles. The normalized spacial score (nSPS) is 22.8. The van der Waals surface area contributed by atoms with Crippen LogP contribution in [0.25, 0.3) is 0 Å². The summed E-state index contributed by atoms with van der Waals surface area (Å²) < 4.78 is 2.15. The number of nitrogens with zero attached hydrogens (tertiary/aromatic N) is 2. The topological polar surface area (TPSA) is 23.6 Å². The molecule has 0 saturated carbocycles. The minimum absolute atomic E-state index is 0.195. The standard InChI is InChI=1S/C21H22Br2N2O/c22-17-9-5-15(6-10-17)19-3-1-13-24(19)21(26)25-14-2-4-20(25)16-7-11-18(23)12-8-16/h5-12,19-20H,1-4,13-14H2. The van der Waals surface area contributed by atoms with Gasteiger partial charge in [-0.15, -0.1) is 0 Å². The zero-order valence-electron chi connectivity index (χ0n) is 14.6. The third-order valence-corrected chi connectivity index (χ3v) is 6.56. The Hall–Kier alpha value is -1.33. The second kappa shape index (κ2) is 7.73. The molecule has 2 amide bonds. The van der Waals surface area contributed by atoms with Crippen molar-refractivity contribution in [1.82, 2.24) is 9.80 Å². The van der Waals surface area contributed by atoms with E-state index in [-0.39, 0.29) is 18.1 Å². The zero-order valence-corrected chi connectivity index (χ0v) is 17.7. The zero-order chi connectivity index (χ0) is 18.1. The fourth-order valence-electron chi connectivity index (χ4n) is 4.22. The predicted octanol–water partition coefficient (Wildman–Crippen LogP) is 6.31. The molecule has 0 spiro atoms. The molecule has 2 aliphatic heterocycles. The number of benzene rings is 2. The first-order valence-corrected chi connectivity index (χ1v) is 10.8. The summed E-state index contributed by atoms with van der Waals surface area (Å²) in [6.45, 7) is 1.70. The van der Waals surface area contributed by atoms with E-state index in [1.807, 2.05) is 0 Å². The van der Waals surface area contributed by atoms with Gasteiger partial charge in [0.1, 0.15) is 0 Å². The van der Waals surface area contributed by atoms with Crippen LogP contribution < -0.4 is 0 Å². The maximum Gasteiger partial charge on any atom is 0.321 e. The van der Waals surface area contributed by atoms with Gasteiger partial charge in [-0.05, 0) is 61.1 Å². The van der Waals surface area contributed by atoms with E-state index in [1.165, 1.54) is 11.1 Å². The molecular formula is C21H22Br2N2O. The van der Waals surface area contributed by atoms with E-state index < -0.39 is 0 Å². The van der Waals surface area contributed by atoms with Gasteiger partial charge in [0.05, 0.1) is 12.1 Å². The molecule has 2 fully saturated rings. The van der Waals surface area contributed by atoms with Gasteiger partial charge in [-0.1, -0.05) is 56.1 Å².